The molecule has 32 heavy (non-hydrogen) atoms. The summed E-state index contributed by atoms with van der Waals surface area (Å²) in [5, 5.41) is 14.2. The van der Waals surface area contributed by atoms with E-state index < -0.39 is 34.2 Å². The molecule has 5 rings (SSSR count). The maximum atomic E-state index is 13.9. The topological polar surface area (TPSA) is 113 Å². The van der Waals surface area contributed by atoms with Gasteiger partial charge in [0.2, 0.25) is 5.91 Å². The van der Waals surface area contributed by atoms with E-state index in [2.05, 4.69) is 5.32 Å². The first-order chi connectivity index (χ1) is 15.3. The molecule has 2 aromatic carbocycles. The van der Waals surface area contributed by atoms with Crippen LogP contribution in [0, 0.1) is 15.5 Å². The maximum absolute atomic E-state index is 13.9. The van der Waals surface area contributed by atoms with E-state index in [0.717, 1.165) is 23.4 Å². The lowest BCUT2D eigenvalue weighted by atomic mass is 9.66. The van der Waals surface area contributed by atoms with Crippen LogP contribution in [0.25, 0.3) is 0 Å². The van der Waals surface area contributed by atoms with Crippen molar-refractivity contribution in [3.8, 4) is 0 Å². The molecule has 2 saturated heterocycles. The number of nitro benzene ring substituents is 1. The molecule has 3 heterocycles. The number of imide groups is 2. The highest BCUT2D eigenvalue weighted by atomic mass is 35.5. The van der Waals surface area contributed by atoms with Crippen LogP contribution in [0.5, 0.6) is 0 Å². The van der Waals surface area contributed by atoms with Crippen LogP contribution >= 0.6 is 11.6 Å². The van der Waals surface area contributed by atoms with Crippen molar-refractivity contribution in [2.75, 3.05) is 16.3 Å². The molecule has 0 radical (unpaired) electrons. The molecule has 2 fully saturated rings. The summed E-state index contributed by atoms with van der Waals surface area (Å²) in [6, 6.07) is 9.49. The van der Waals surface area contributed by atoms with Crippen molar-refractivity contribution in [2.24, 2.45) is 5.41 Å². The first-order valence-electron chi connectivity index (χ1n) is 10.3. The molecule has 164 valence electrons. The minimum atomic E-state index is -1.57. The number of carbonyl (C=O) groups excluding carboxylic acids is 3. The number of non-ortho nitro benzene ring substituents is 1. The number of hydrogen-bond acceptors (Lipinski definition) is 6. The lowest BCUT2D eigenvalue weighted by Gasteiger charge is -2.53. The number of halogens is 1. The van der Waals surface area contributed by atoms with Gasteiger partial charge in [-0.2, -0.15) is 0 Å². The zero-order chi connectivity index (χ0) is 22.6. The number of amides is 4. The average Bonchev–Trinajstić information content (AvgIpc) is 2.78. The van der Waals surface area contributed by atoms with E-state index in [1.807, 2.05) is 4.90 Å². The van der Waals surface area contributed by atoms with E-state index in [9.17, 15) is 24.5 Å². The van der Waals surface area contributed by atoms with Crippen LogP contribution in [0.2, 0.25) is 5.02 Å². The molecule has 10 heteroatoms. The van der Waals surface area contributed by atoms with Crippen LogP contribution in [-0.4, -0.2) is 35.4 Å². The maximum Gasteiger partial charge on any atom is 0.335 e. The van der Waals surface area contributed by atoms with E-state index in [1.54, 1.807) is 30.3 Å². The van der Waals surface area contributed by atoms with Gasteiger partial charge in [-0.3, -0.25) is 25.0 Å². The molecule has 3 aliphatic heterocycles. The van der Waals surface area contributed by atoms with Crippen molar-refractivity contribution >= 4 is 46.5 Å². The van der Waals surface area contributed by atoms with Crippen molar-refractivity contribution in [2.45, 2.75) is 31.7 Å². The SMILES string of the molecule is O=C1NC(=O)[C@]2(Cc3cc([N+](=O)[O-])ccc3N3CCCC[C@H]32)C(=O)N1c1ccc(Cl)cc1. The summed E-state index contributed by atoms with van der Waals surface area (Å²) >= 11 is 5.96. The number of barbiturate groups is 1. The summed E-state index contributed by atoms with van der Waals surface area (Å²) in [5.74, 6) is -1.28. The number of carbonyl (C=O) groups is 3. The Labute approximate surface area is 188 Å². The third-order valence-electron chi connectivity index (χ3n) is 6.62. The van der Waals surface area contributed by atoms with Crippen LogP contribution in [0.1, 0.15) is 24.8 Å². The summed E-state index contributed by atoms with van der Waals surface area (Å²) in [6.07, 6.45) is 2.28. The Bertz CT molecular complexity index is 1170. The molecule has 0 aromatic heterocycles. The normalized spacial score (nSPS) is 24.8. The molecule has 2 aromatic rings. The van der Waals surface area contributed by atoms with E-state index in [1.165, 1.54) is 12.1 Å². The number of nitro groups is 1. The molecule has 0 unspecified atom stereocenters. The summed E-state index contributed by atoms with van der Waals surface area (Å²) in [5.41, 5.74) is -0.0386. The number of fused-ring (bicyclic) bond motifs is 4. The lowest BCUT2D eigenvalue weighted by Crippen LogP contribution is -2.72. The first-order valence-corrected chi connectivity index (χ1v) is 10.7. The van der Waals surface area contributed by atoms with Gasteiger partial charge < -0.3 is 4.90 Å². The van der Waals surface area contributed by atoms with Crippen LogP contribution in [-0.2, 0) is 16.0 Å². The Morgan fingerprint density at radius 2 is 1.84 bits per heavy atom. The van der Waals surface area contributed by atoms with Crippen LogP contribution in [0.15, 0.2) is 42.5 Å². The van der Waals surface area contributed by atoms with Crippen LogP contribution in [0.3, 0.4) is 0 Å². The Morgan fingerprint density at radius 3 is 2.56 bits per heavy atom. The number of rotatable bonds is 2. The van der Waals surface area contributed by atoms with Gasteiger partial charge in [-0.15, -0.1) is 0 Å². The first kappa shape index (κ1) is 20.4. The number of benzene rings is 2. The summed E-state index contributed by atoms with van der Waals surface area (Å²) < 4.78 is 0. The molecular formula is C22H19ClN4O5. The molecule has 0 bridgehead atoms. The van der Waals surface area contributed by atoms with E-state index >= 15 is 0 Å². The zero-order valence-corrected chi connectivity index (χ0v) is 17.7. The number of anilines is 2. The number of piperidine rings is 1. The molecule has 9 nitrogen and oxygen atoms in total. The predicted molar refractivity (Wildman–Crippen MR) is 117 cm³/mol. The molecule has 2 atom stereocenters. The van der Waals surface area contributed by atoms with Gasteiger partial charge in [0.25, 0.3) is 11.6 Å². The van der Waals surface area contributed by atoms with Gasteiger partial charge in [-0.05, 0) is 55.2 Å². The quantitative estimate of drug-likeness (QED) is 0.422. The van der Waals surface area contributed by atoms with Gasteiger partial charge in [0.15, 0.2) is 5.41 Å². The lowest BCUT2D eigenvalue weighted by molar-refractivity contribution is -0.384. The molecule has 0 aliphatic carbocycles. The van der Waals surface area contributed by atoms with Gasteiger partial charge in [-0.25, -0.2) is 9.69 Å². The van der Waals surface area contributed by atoms with Gasteiger partial charge in [-0.1, -0.05) is 11.6 Å². The molecule has 1 spiro atoms. The van der Waals surface area contributed by atoms with Crippen molar-refractivity contribution in [1.29, 1.82) is 0 Å². The third kappa shape index (κ3) is 2.88. The second-order valence-electron chi connectivity index (χ2n) is 8.30. The van der Waals surface area contributed by atoms with Gasteiger partial charge in [0.05, 0.1) is 16.7 Å². The monoisotopic (exact) mass is 454 g/mol. The Hall–Kier alpha value is -3.46. The minimum absolute atomic E-state index is 0.0206. The number of nitrogens with zero attached hydrogens (tertiary/aromatic N) is 3. The second kappa shape index (κ2) is 7.30. The zero-order valence-electron chi connectivity index (χ0n) is 16.9. The highest BCUT2D eigenvalue weighted by Crippen LogP contribution is 2.48. The van der Waals surface area contributed by atoms with Crippen LogP contribution in [0.4, 0.5) is 21.9 Å². The van der Waals surface area contributed by atoms with Crippen molar-refractivity contribution in [3.05, 3.63) is 63.2 Å². The smallest absolute Gasteiger partial charge is 0.335 e. The van der Waals surface area contributed by atoms with Crippen molar-refractivity contribution in [3.63, 3.8) is 0 Å². The molecule has 1 N–H and O–H groups in total. The number of nitrogens with one attached hydrogen (secondary N) is 1. The van der Waals surface area contributed by atoms with E-state index in [0.29, 0.717) is 29.2 Å². The molecule has 0 saturated carbocycles. The Balaban J connectivity index is 1.66. The van der Waals surface area contributed by atoms with Crippen LogP contribution < -0.4 is 15.1 Å². The third-order valence-corrected chi connectivity index (χ3v) is 6.87. The van der Waals surface area contributed by atoms with Crippen molar-refractivity contribution in [1.82, 2.24) is 5.32 Å². The molecule has 3 aliphatic rings. The predicted octanol–water partition coefficient (Wildman–Crippen LogP) is 3.43. The number of hydrogen-bond donors (Lipinski definition) is 1. The van der Waals surface area contributed by atoms with Gasteiger partial charge >= 0.3 is 6.03 Å². The Kier molecular flexibility index (Phi) is 4.67. The molecule has 4 amide bonds. The van der Waals surface area contributed by atoms with Gasteiger partial charge in [0, 0.05) is 35.8 Å². The van der Waals surface area contributed by atoms with Gasteiger partial charge in [0.1, 0.15) is 0 Å². The second-order valence-corrected chi connectivity index (χ2v) is 8.74. The standard InChI is InChI=1S/C22H19ClN4O5/c23-14-4-6-15(7-5-14)26-20(29)22(19(28)24-21(26)30)12-13-11-16(27(31)32)8-9-17(13)25-10-2-1-3-18(22)25/h4-9,11,18H,1-3,10,12H2,(H,24,28,30)/t18-,22+/m0/s1. The largest absolute Gasteiger partial charge is 0.367 e. The highest BCUT2D eigenvalue weighted by Gasteiger charge is 2.62. The fraction of sp³-hybridized carbons (Fsp3) is 0.318. The number of urea groups is 1. The fourth-order valence-electron chi connectivity index (χ4n) is 5.19. The summed E-state index contributed by atoms with van der Waals surface area (Å²) in [7, 11) is 0. The summed E-state index contributed by atoms with van der Waals surface area (Å²) in [6.45, 7) is 0.618. The van der Waals surface area contributed by atoms with E-state index in [4.69, 9.17) is 11.6 Å². The Morgan fingerprint density at radius 1 is 1.09 bits per heavy atom. The highest BCUT2D eigenvalue weighted by molar-refractivity contribution is 6.32. The molecular weight excluding hydrogens is 436 g/mol. The fourth-order valence-corrected chi connectivity index (χ4v) is 5.31. The average molecular weight is 455 g/mol. The summed E-state index contributed by atoms with van der Waals surface area (Å²) in [4.78, 5) is 53.8. The van der Waals surface area contributed by atoms with E-state index in [-0.39, 0.29) is 12.1 Å². The minimum Gasteiger partial charge on any atom is -0.367 e. The van der Waals surface area contributed by atoms with Crippen molar-refractivity contribution < 1.29 is 19.3 Å².